The molecule has 0 aliphatic carbocycles. The second kappa shape index (κ2) is 6.37. The summed E-state index contributed by atoms with van der Waals surface area (Å²) in [7, 11) is -3.80. The molecule has 0 spiro atoms. The monoisotopic (exact) mass is 433 g/mol. The van der Waals surface area contributed by atoms with Crippen molar-refractivity contribution in [2.45, 2.75) is 18.2 Å². The van der Waals surface area contributed by atoms with Crippen LogP contribution in [0.4, 0.5) is 5.69 Å². The topological polar surface area (TPSA) is 66.4 Å². The van der Waals surface area contributed by atoms with Crippen molar-refractivity contribution in [3.8, 4) is 5.75 Å². The number of sulfonamides is 1. The molecule has 0 aliphatic heterocycles. The largest absolute Gasteiger partial charge is 0.506 e. The standard InChI is InChI=1S/C14H13Br2NO3S/c1-2-9-3-6-13(18)12(7-9)17-21(19,20)14-8-10(15)4-5-11(14)16/h3-8,17-18H,2H2,1H3. The maximum absolute atomic E-state index is 12.5. The summed E-state index contributed by atoms with van der Waals surface area (Å²) in [4.78, 5) is 0.0955. The van der Waals surface area contributed by atoms with Crippen LogP contribution in [0, 0.1) is 0 Å². The van der Waals surface area contributed by atoms with Crippen molar-refractivity contribution >= 4 is 47.6 Å². The van der Waals surface area contributed by atoms with Crippen LogP contribution in [0.3, 0.4) is 0 Å². The molecule has 4 nitrogen and oxygen atoms in total. The molecule has 0 heterocycles. The average Bonchev–Trinajstić information content (AvgIpc) is 2.43. The van der Waals surface area contributed by atoms with Crippen molar-refractivity contribution in [3.05, 3.63) is 50.9 Å². The third-order valence-corrected chi connectivity index (χ3v) is 5.75. The molecule has 7 heteroatoms. The van der Waals surface area contributed by atoms with Gasteiger partial charge in [-0.25, -0.2) is 8.42 Å². The summed E-state index contributed by atoms with van der Waals surface area (Å²) < 4.78 is 28.4. The maximum Gasteiger partial charge on any atom is 0.263 e. The molecule has 0 aromatic heterocycles. The summed E-state index contributed by atoms with van der Waals surface area (Å²) in [5, 5.41) is 9.82. The molecule has 0 fully saturated rings. The Morgan fingerprint density at radius 2 is 1.86 bits per heavy atom. The second-order valence-electron chi connectivity index (χ2n) is 4.39. The van der Waals surface area contributed by atoms with Crippen LogP contribution in [0.2, 0.25) is 0 Å². The van der Waals surface area contributed by atoms with Crippen LogP contribution in [-0.4, -0.2) is 13.5 Å². The van der Waals surface area contributed by atoms with E-state index in [1.54, 1.807) is 24.3 Å². The van der Waals surface area contributed by atoms with Gasteiger partial charge in [0.25, 0.3) is 10.0 Å². The first-order chi connectivity index (χ1) is 9.83. The van der Waals surface area contributed by atoms with E-state index in [1.807, 2.05) is 6.92 Å². The molecule has 0 saturated heterocycles. The van der Waals surface area contributed by atoms with Gasteiger partial charge in [-0.05, 0) is 58.2 Å². The summed E-state index contributed by atoms with van der Waals surface area (Å²) in [5.41, 5.74) is 1.10. The summed E-state index contributed by atoms with van der Waals surface area (Å²) >= 11 is 6.47. The quantitative estimate of drug-likeness (QED) is 0.705. The Morgan fingerprint density at radius 1 is 1.14 bits per heavy atom. The van der Waals surface area contributed by atoms with Crippen LogP contribution in [0.15, 0.2) is 50.2 Å². The maximum atomic E-state index is 12.5. The molecular weight excluding hydrogens is 422 g/mol. The van der Waals surface area contributed by atoms with E-state index < -0.39 is 10.0 Å². The number of hydrogen-bond acceptors (Lipinski definition) is 3. The van der Waals surface area contributed by atoms with Crippen molar-refractivity contribution in [2.75, 3.05) is 4.72 Å². The number of anilines is 1. The third kappa shape index (κ3) is 3.78. The van der Waals surface area contributed by atoms with E-state index in [1.165, 1.54) is 12.1 Å². The van der Waals surface area contributed by atoms with Crippen molar-refractivity contribution in [2.24, 2.45) is 0 Å². The zero-order valence-corrected chi connectivity index (χ0v) is 15.1. The van der Waals surface area contributed by atoms with Crippen molar-refractivity contribution < 1.29 is 13.5 Å². The van der Waals surface area contributed by atoms with Crippen molar-refractivity contribution in [3.63, 3.8) is 0 Å². The summed E-state index contributed by atoms with van der Waals surface area (Å²) in [6, 6.07) is 9.72. The summed E-state index contributed by atoms with van der Waals surface area (Å²) in [5.74, 6) is -0.109. The van der Waals surface area contributed by atoms with E-state index in [0.29, 0.717) is 8.95 Å². The molecule has 0 amide bonds. The number of hydrogen-bond donors (Lipinski definition) is 2. The first kappa shape index (κ1) is 16.3. The van der Waals surface area contributed by atoms with Crippen molar-refractivity contribution in [1.82, 2.24) is 0 Å². The normalized spacial score (nSPS) is 11.4. The van der Waals surface area contributed by atoms with Gasteiger partial charge < -0.3 is 5.11 Å². The molecule has 0 bridgehead atoms. The van der Waals surface area contributed by atoms with Crippen molar-refractivity contribution in [1.29, 1.82) is 0 Å². The zero-order valence-electron chi connectivity index (χ0n) is 11.1. The smallest absolute Gasteiger partial charge is 0.263 e. The number of rotatable bonds is 4. The third-order valence-electron chi connectivity index (χ3n) is 2.90. The highest BCUT2D eigenvalue weighted by molar-refractivity contribution is 9.11. The van der Waals surface area contributed by atoms with Gasteiger partial charge >= 0.3 is 0 Å². The molecule has 0 aliphatic rings. The van der Waals surface area contributed by atoms with E-state index in [0.717, 1.165) is 12.0 Å². The molecule has 2 aromatic rings. The lowest BCUT2D eigenvalue weighted by atomic mass is 10.1. The van der Waals surface area contributed by atoms with Crippen LogP contribution < -0.4 is 4.72 Å². The van der Waals surface area contributed by atoms with E-state index in [-0.39, 0.29) is 16.3 Å². The molecule has 112 valence electrons. The van der Waals surface area contributed by atoms with Crippen LogP contribution in [0.1, 0.15) is 12.5 Å². The van der Waals surface area contributed by atoms with Crippen LogP contribution in [0.5, 0.6) is 5.75 Å². The molecular formula is C14H13Br2NO3S. The van der Waals surface area contributed by atoms with Gasteiger partial charge in [-0.15, -0.1) is 0 Å². The average molecular weight is 435 g/mol. The Balaban J connectivity index is 2.44. The van der Waals surface area contributed by atoms with Gasteiger partial charge in [0.2, 0.25) is 0 Å². The van der Waals surface area contributed by atoms with Gasteiger partial charge in [-0.1, -0.05) is 28.9 Å². The lowest BCUT2D eigenvalue weighted by Crippen LogP contribution is -2.14. The SMILES string of the molecule is CCc1ccc(O)c(NS(=O)(=O)c2cc(Br)ccc2Br)c1. The highest BCUT2D eigenvalue weighted by atomic mass is 79.9. The first-order valence-electron chi connectivity index (χ1n) is 6.13. The van der Waals surface area contributed by atoms with Gasteiger partial charge in [0.05, 0.1) is 5.69 Å². The van der Waals surface area contributed by atoms with Crippen LogP contribution in [-0.2, 0) is 16.4 Å². The molecule has 0 unspecified atom stereocenters. The van der Waals surface area contributed by atoms with Gasteiger partial charge in [-0.2, -0.15) is 0 Å². The fourth-order valence-electron chi connectivity index (χ4n) is 1.77. The number of aryl methyl sites for hydroxylation is 1. The molecule has 0 saturated carbocycles. The fourth-order valence-corrected chi connectivity index (χ4v) is 4.34. The molecule has 2 rings (SSSR count). The zero-order chi connectivity index (χ0) is 15.6. The highest BCUT2D eigenvalue weighted by Gasteiger charge is 2.19. The van der Waals surface area contributed by atoms with Gasteiger partial charge in [-0.3, -0.25) is 4.72 Å². The first-order valence-corrected chi connectivity index (χ1v) is 9.20. The number of halogens is 2. The minimum Gasteiger partial charge on any atom is -0.506 e. The fraction of sp³-hybridized carbons (Fsp3) is 0.143. The Bertz CT molecular complexity index is 776. The van der Waals surface area contributed by atoms with E-state index in [4.69, 9.17) is 0 Å². The van der Waals surface area contributed by atoms with Gasteiger partial charge in [0.1, 0.15) is 10.6 Å². The lowest BCUT2D eigenvalue weighted by Gasteiger charge is -2.12. The van der Waals surface area contributed by atoms with Gasteiger partial charge in [0.15, 0.2) is 0 Å². The second-order valence-corrected chi connectivity index (χ2v) is 7.81. The molecule has 2 N–H and O–H groups in total. The Hall–Kier alpha value is -1.05. The minimum atomic E-state index is -3.80. The number of phenols is 1. The summed E-state index contributed by atoms with van der Waals surface area (Å²) in [6.07, 6.45) is 0.746. The molecule has 21 heavy (non-hydrogen) atoms. The number of aromatic hydroxyl groups is 1. The van der Waals surface area contributed by atoms with Crippen LogP contribution >= 0.6 is 31.9 Å². The van der Waals surface area contributed by atoms with E-state index in [2.05, 4.69) is 36.6 Å². The molecule has 0 radical (unpaired) electrons. The number of phenolic OH excluding ortho intramolecular Hbond substituents is 1. The Labute approximate surface area is 140 Å². The lowest BCUT2D eigenvalue weighted by molar-refractivity contribution is 0.477. The minimum absolute atomic E-state index is 0.0955. The molecule has 2 aromatic carbocycles. The number of benzene rings is 2. The predicted molar refractivity (Wildman–Crippen MR) is 90.1 cm³/mol. The Kier molecular flexibility index (Phi) is 4.95. The van der Waals surface area contributed by atoms with E-state index in [9.17, 15) is 13.5 Å². The van der Waals surface area contributed by atoms with Gasteiger partial charge in [0, 0.05) is 8.95 Å². The molecule has 0 atom stereocenters. The van der Waals surface area contributed by atoms with Crippen LogP contribution in [0.25, 0.3) is 0 Å². The summed E-state index contributed by atoms with van der Waals surface area (Å²) in [6.45, 7) is 1.95. The highest BCUT2D eigenvalue weighted by Crippen LogP contribution is 2.31. The number of nitrogens with one attached hydrogen (secondary N) is 1. The van der Waals surface area contributed by atoms with E-state index >= 15 is 0 Å². The predicted octanol–water partition coefficient (Wildman–Crippen LogP) is 4.28. The Morgan fingerprint density at radius 3 is 2.52 bits per heavy atom.